The number of hydrogen-bond acceptors (Lipinski definition) is 3. The molecule has 0 radical (unpaired) electrons. The van der Waals surface area contributed by atoms with Crippen LogP contribution in [-0.4, -0.2) is 22.7 Å². The lowest BCUT2D eigenvalue weighted by Crippen LogP contribution is -2.18. The van der Waals surface area contributed by atoms with E-state index in [1.54, 1.807) is 6.92 Å². The number of anilines is 1. The van der Waals surface area contributed by atoms with Crippen LogP contribution in [0.4, 0.5) is 19.0 Å². The number of nitrogens with one attached hydrogen (secondary N) is 1. The second-order valence-electron chi connectivity index (χ2n) is 4.31. The van der Waals surface area contributed by atoms with Crippen LogP contribution in [0.1, 0.15) is 29.7 Å². The largest absolute Gasteiger partial charge is 0.389 e. The Labute approximate surface area is 115 Å². The second kappa shape index (κ2) is 6.18. The molecule has 0 unspecified atom stereocenters. The molecule has 19 heavy (non-hydrogen) atoms. The number of pyridine rings is 1. The molecule has 0 amide bonds. The fraction of sp³-hybridized carbons (Fsp3) is 0.500. The van der Waals surface area contributed by atoms with Crippen LogP contribution < -0.4 is 11.1 Å². The monoisotopic (exact) mass is 291 g/mol. The van der Waals surface area contributed by atoms with E-state index in [2.05, 4.69) is 10.3 Å². The lowest BCUT2D eigenvalue weighted by atomic mass is 10.1. The molecule has 0 aliphatic rings. The maximum atomic E-state index is 12.0. The number of alkyl halides is 3. The van der Waals surface area contributed by atoms with Crippen molar-refractivity contribution in [2.75, 3.05) is 11.9 Å². The van der Waals surface area contributed by atoms with Gasteiger partial charge in [0, 0.05) is 18.7 Å². The highest BCUT2D eigenvalue weighted by atomic mass is 32.1. The first-order valence-corrected chi connectivity index (χ1v) is 6.20. The van der Waals surface area contributed by atoms with Crippen molar-refractivity contribution in [2.24, 2.45) is 5.73 Å². The molecule has 1 aromatic heterocycles. The standard InChI is InChI=1S/C12H16F3N3S/c1-7-6-8(2)18-11(9(7)10(16)19)17-5-3-4-12(13,14)15/h6H,3-5H2,1-2H3,(H2,16,19)(H,17,18). The second-order valence-corrected chi connectivity index (χ2v) is 4.75. The van der Waals surface area contributed by atoms with Gasteiger partial charge in [-0.25, -0.2) is 4.98 Å². The van der Waals surface area contributed by atoms with Crippen LogP contribution in [0.2, 0.25) is 0 Å². The molecular formula is C12H16F3N3S. The molecule has 0 aliphatic heterocycles. The Morgan fingerprint density at radius 1 is 1.42 bits per heavy atom. The molecule has 1 rings (SSSR count). The van der Waals surface area contributed by atoms with E-state index in [9.17, 15) is 13.2 Å². The SMILES string of the molecule is Cc1cc(C)c(C(N)=S)c(NCCCC(F)(F)F)n1. The van der Waals surface area contributed by atoms with Crippen molar-refractivity contribution in [3.05, 3.63) is 22.9 Å². The number of nitrogens with two attached hydrogens (primary N) is 1. The summed E-state index contributed by atoms with van der Waals surface area (Å²) in [6.07, 6.45) is -4.98. The molecule has 0 saturated carbocycles. The Morgan fingerprint density at radius 3 is 2.58 bits per heavy atom. The van der Waals surface area contributed by atoms with Crippen LogP contribution in [0.5, 0.6) is 0 Å². The molecule has 3 nitrogen and oxygen atoms in total. The number of rotatable bonds is 5. The van der Waals surface area contributed by atoms with Gasteiger partial charge < -0.3 is 11.1 Å². The Balaban J connectivity index is 2.75. The van der Waals surface area contributed by atoms with E-state index in [-0.39, 0.29) is 18.0 Å². The van der Waals surface area contributed by atoms with Gasteiger partial charge in [0.2, 0.25) is 0 Å². The van der Waals surface area contributed by atoms with Crippen LogP contribution >= 0.6 is 12.2 Å². The van der Waals surface area contributed by atoms with Crippen LogP contribution in [0, 0.1) is 13.8 Å². The van der Waals surface area contributed by atoms with Crippen LogP contribution in [0.3, 0.4) is 0 Å². The average Bonchev–Trinajstić information content (AvgIpc) is 2.21. The molecule has 0 spiro atoms. The number of hydrogen-bond donors (Lipinski definition) is 2. The number of halogens is 3. The number of nitrogens with zero attached hydrogens (tertiary/aromatic N) is 1. The third-order valence-corrected chi connectivity index (χ3v) is 2.72. The fourth-order valence-electron chi connectivity index (χ4n) is 1.77. The van der Waals surface area contributed by atoms with Crippen LogP contribution in [-0.2, 0) is 0 Å². The van der Waals surface area contributed by atoms with Gasteiger partial charge in [-0.3, -0.25) is 0 Å². The quantitative estimate of drug-likeness (QED) is 0.646. The first-order chi connectivity index (χ1) is 8.70. The summed E-state index contributed by atoms with van der Waals surface area (Å²) in [5, 5.41) is 2.87. The third kappa shape index (κ3) is 5.02. The summed E-state index contributed by atoms with van der Waals surface area (Å²) in [5.74, 6) is 0.451. The molecule has 0 bridgehead atoms. The van der Waals surface area contributed by atoms with E-state index in [0.29, 0.717) is 11.4 Å². The maximum absolute atomic E-state index is 12.0. The summed E-state index contributed by atoms with van der Waals surface area (Å²) in [6.45, 7) is 3.81. The Morgan fingerprint density at radius 2 is 2.05 bits per heavy atom. The van der Waals surface area contributed by atoms with Crippen molar-refractivity contribution in [3.63, 3.8) is 0 Å². The zero-order valence-electron chi connectivity index (χ0n) is 10.8. The molecular weight excluding hydrogens is 275 g/mol. The molecule has 3 N–H and O–H groups in total. The topological polar surface area (TPSA) is 50.9 Å². The summed E-state index contributed by atoms with van der Waals surface area (Å²) in [7, 11) is 0. The molecule has 106 valence electrons. The molecule has 1 heterocycles. The van der Waals surface area contributed by atoms with Crippen molar-refractivity contribution >= 4 is 23.0 Å². The molecule has 0 atom stereocenters. The van der Waals surface area contributed by atoms with Crippen molar-refractivity contribution in [1.82, 2.24) is 4.98 Å². The van der Waals surface area contributed by atoms with E-state index >= 15 is 0 Å². The first-order valence-electron chi connectivity index (χ1n) is 5.79. The Kier molecular flexibility index (Phi) is 5.11. The highest BCUT2D eigenvalue weighted by molar-refractivity contribution is 7.80. The number of thiocarbonyl (C=S) groups is 1. The minimum atomic E-state index is -4.14. The Bertz CT molecular complexity index is 472. The normalized spacial score (nSPS) is 11.4. The summed E-state index contributed by atoms with van der Waals surface area (Å²) >= 11 is 4.94. The van der Waals surface area contributed by atoms with Gasteiger partial charge in [-0.15, -0.1) is 0 Å². The van der Waals surface area contributed by atoms with Crippen LogP contribution in [0.15, 0.2) is 6.07 Å². The lowest BCUT2D eigenvalue weighted by Gasteiger charge is -2.14. The molecule has 0 fully saturated rings. The third-order valence-electron chi connectivity index (χ3n) is 2.52. The van der Waals surface area contributed by atoms with Gasteiger partial charge in [-0.2, -0.15) is 13.2 Å². The zero-order valence-corrected chi connectivity index (χ0v) is 11.6. The summed E-state index contributed by atoms with van der Waals surface area (Å²) in [4.78, 5) is 4.41. The smallest absolute Gasteiger partial charge is 0.389 e. The van der Waals surface area contributed by atoms with Crippen molar-refractivity contribution < 1.29 is 13.2 Å². The van der Waals surface area contributed by atoms with E-state index < -0.39 is 12.6 Å². The predicted octanol–water partition coefficient (Wildman–Crippen LogP) is 3.09. The van der Waals surface area contributed by atoms with Gasteiger partial charge in [0.25, 0.3) is 0 Å². The van der Waals surface area contributed by atoms with Gasteiger partial charge in [-0.1, -0.05) is 12.2 Å². The molecule has 0 aromatic carbocycles. The summed E-state index contributed by atoms with van der Waals surface area (Å²) in [5.41, 5.74) is 7.82. The average molecular weight is 291 g/mol. The van der Waals surface area contributed by atoms with Gasteiger partial charge in [0.15, 0.2) is 0 Å². The van der Waals surface area contributed by atoms with Gasteiger partial charge >= 0.3 is 6.18 Å². The fourth-order valence-corrected chi connectivity index (χ4v) is 2.03. The molecule has 0 saturated heterocycles. The van der Waals surface area contributed by atoms with E-state index in [1.807, 2.05) is 13.0 Å². The lowest BCUT2D eigenvalue weighted by molar-refractivity contribution is -0.134. The Hall–Kier alpha value is -1.37. The molecule has 1 aromatic rings. The zero-order chi connectivity index (χ0) is 14.6. The highest BCUT2D eigenvalue weighted by Crippen LogP contribution is 2.22. The highest BCUT2D eigenvalue weighted by Gasteiger charge is 2.26. The maximum Gasteiger partial charge on any atom is 0.389 e. The van der Waals surface area contributed by atoms with E-state index in [1.165, 1.54) is 0 Å². The van der Waals surface area contributed by atoms with Crippen molar-refractivity contribution in [1.29, 1.82) is 0 Å². The minimum Gasteiger partial charge on any atom is -0.389 e. The minimum absolute atomic E-state index is 0.0189. The van der Waals surface area contributed by atoms with Gasteiger partial charge in [-0.05, 0) is 31.9 Å². The van der Waals surface area contributed by atoms with Crippen molar-refractivity contribution in [3.8, 4) is 0 Å². The van der Waals surface area contributed by atoms with Crippen LogP contribution in [0.25, 0.3) is 0 Å². The summed E-state index contributed by atoms with van der Waals surface area (Å²) < 4.78 is 36.1. The predicted molar refractivity (Wildman–Crippen MR) is 73.4 cm³/mol. The van der Waals surface area contributed by atoms with Crippen molar-refractivity contribution in [2.45, 2.75) is 32.9 Å². The number of aryl methyl sites for hydroxylation is 2. The number of aromatic nitrogens is 1. The van der Waals surface area contributed by atoms with E-state index in [4.69, 9.17) is 18.0 Å². The first kappa shape index (κ1) is 15.7. The van der Waals surface area contributed by atoms with Gasteiger partial charge in [0.1, 0.15) is 10.8 Å². The summed E-state index contributed by atoms with van der Waals surface area (Å²) in [6, 6.07) is 1.83. The molecule has 7 heteroatoms. The van der Waals surface area contributed by atoms with Gasteiger partial charge in [0.05, 0.1) is 5.56 Å². The van der Waals surface area contributed by atoms with E-state index in [0.717, 1.165) is 11.3 Å². The molecule has 0 aliphatic carbocycles.